The molecule has 82 valence electrons. The maximum atomic E-state index is 10.9. The molecule has 9 heteroatoms. The lowest BCUT2D eigenvalue weighted by Crippen LogP contribution is -1.96. The Balaban J connectivity index is 3.57. The fourth-order valence-electron chi connectivity index (χ4n) is 0.824. The maximum absolute atomic E-state index is 10.9. The van der Waals surface area contributed by atoms with Crippen molar-refractivity contribution in [2.24, 2.45) is 0 Å². The summed E-state index contributed by atoms with van der Waals surface area (Å²) in [7, 11) is 1.000. The van der Waals surface area contributed by atoms with Crippen LogP contribution in [-0.4, -0.2) is 13.3 Å². The smallest absolute Gasteiger partial charge is 0.258 e. The van der Waals surface area contributed by atoms with Crippen LogP contribution >= 0.6 is 38.2 Å². The van der Waals surface area contributed by atoms with E-state index in [9.17, 15) is 18.5 Å². The first-order valence-corrected chi connectivity index (χ1v) is 6.79. The molecule has 0 saturated heterocycles. The molecule has 0 heterocycles. The molecule has 0 bridgehead atoms. The van der Waals surface area contributed by atoms with Crippen molar-refractivity contribution >= 4 is 53.0 Å². The van der Waals surface area contributed by atoms with E-state index in [4.69, 9.17) is 22.3 Å². The summed E-state index contributed by atoms with van der Waals surface area (Å²) in [6, 6.07) is 1.86. The number of nitro groups is 1. The molecule has 0 aliphatic carbocycles. The lowest BCUT2D eigenvalue weighted by molar-refractivity contribution is -0.385. The second kappa shape index (κ2) is 4.25. The second-order valence-corrected chi connectivity index (χ2v) is 6.20. The van der Waals surface area contributed by atoms with Gasteiger partial charge in [0.05, 0.1) is 14.8 Å². The third-order valence-electron chi connectivity index (χ3n) is 1.46. The highest BCUT2D eigenvalue weighted by Crippen LogP contribution is 2.35. The molecule has 15 heavy (non-hydrogen) atoms. The van der Waals surface area contributed by atoms with Gasteiger partial charge >= 0.3 is 0 Å². The van der Waals surface area contributed by atoms with E-state index >= 15 is 0 Å². The van der Waals surface area contributed by atoms with Crippen LogP contribution in [0.15, 0.2) is 21.5 Å². The van der Waals surface area contributed by atoms with Crippen molar-refractivity contribution in [3.63, 3.8) is 0 Å². The van der Waals surface area contributed by atoms with Gasteiger partial charge in [-0.05, 0) is 22.0 Å². The Kier molecular flexibility index (Phi) is 3.59. The fraction of sp³-hybridized carbons (Fsp3) is 0. The molecule has 0 fully saturated rings. The first-order valence-electron chi connectivity index (χ1n) is 3.31. The zero-order valence-electron chi connectivity index (χ0n) is 6.78. The quantitative estimate of drug-likeness (QED) is 0.473. The van der Waals surface area contributed by atoms with Gasteiger partial charge in [-0.1, -0.05) is 11.6 Å². The molecule has 1 aromatic rings. The number of hydrogen-bond donors (Lipinski definition) is 0. The van der Waals surface area contributed by atoms with Gasteiger partial charge in [-0.15, -0.1) is 0 Å². The van der Waals surface area contributed by atoms with Crippen molar-refractivity contribution in [1.29, 1.82) is 0 Å². The standard InChI is InChI=1S/C6H2BrCl2NO4S/c7-6-4(8)1-3(15(9,13)14)2-5(6)10(11)12/h1-2H. The molecule has 0 N–H and O–H groups in total. The predicted molar refractivity (Wildman–Crippen MR) is 58.8 cm³/mol. The molecule has 0 saturated carbocycles. The SMILES string of the molecule is O=[N+]([O-])c1cc(S(=O)(=O)Cl)cc(Cl)c1Br. The Hall–Kier alpha value is -0.370. The van der Waals surface area contributed by atoms with Crippen molar-refractivity contribution in [1.82, 2.24) is 0 Å². The monoisotopic (exact) mass is 333 g/mol. The number of nitrogens with zero attached hydrogens (tertiary/aromatic N) is 1. The van der Waals surface area contributed by atoms with Gasteiger partial charge in [0.2, 0.25) is 0 Å². The fourth-order valence-corrected chi connectivity index (χ4v) is 2.26. The summed E-state index contributed by atoms with van der Waals surface area (Å²) in [6.07, 6.45) is 0. The molecule has 1 aromatic carbocycles. The largest absolute Gasteiger partial charge is 0.286 e. The van der Waals surface area contributed by atoms with E-state index in [0.717, 1.165) is 12.1 Å². The number of benzene rings is 1. The summed E-state index contributed by atoms with van der Waals surface area (Å²) in [6.45, 7) is 0. The number of rotatable bonds is 2. The minimum Gasteiger partial charge on any atom is -0.258 e. The number of hydrogen-bond acceptors (Lipinski definition) is 4. The molecule has 5 nitrogen and oxygen atoms in total. The highest BCUT2D eigenvalue weighted by Gasteiger charge is 2.21. The van der Waals surface area contributed by atoms with Gasteiger partial charge in [0.1, 0.15) is 4.47 Å². The van der Waals surface area contributed by atoms with E-state index in [2.05, 4.69) is 15.9 Å². The molecule has 1 rings (SSSR count). The minimum atomic E-state index is -4.04. The van der Waals surface area contributed by atoms with Crippen molar-refractivity contribution in [3.8, 4) is 0 Å². The Morgan fingerprint density at radius 3 is 2.33 bits per heavy atom. The summed E-state index contributed by atoms with van der Waals surface area (Å²) in [4.78, 5) is 9.36. The number of halogens is 3. The van der Waals surface area contributed by atoms with Crippen LogP contribution in [0.2, 0.25) is 5.02 Å². The van der Waals surface area contributed by atoms with Crippen molar-refractivity contribution < 1.29 is 13.3 Å². The molecular formula is C6H2BrCl2NO4S. The van der Waals surface area contributed by atoms with Gasteiger partial charge in [-0.3, -0.25) is 10.1 Å². The zero-order valence-corrected chi connectivity index (χ0v) is 10.7. The Bertz CT molecular complexity index is 530. The Morgan fingerprint density at radius 2 is 1.93 bits per heavy atom. The Labute approximate surface area is 103 Å². The van der Waals surface area contributed by atoms with Gasteiger partial charge in [-0.2, -0.15) is 0 Å². The molecule has 0 aromatic heterocycles. The van der Waals surface area contributed by atoms with Crippen LogP contribution in [0.1, 0.15) is 0 Å². The Morgan fingerprint density at radius 1 is 1.40 bits per heavy atom. The molecule has 0 unspecified atom stereocenters. The highest BCUT2D eigenvalue weighted by molar-refractivity contribution is 9.10. The first kappa shape index (κ1) is 12.7. The normalized spacial score (nSPS) is 11.4. The van der Waals surface area contributed by atoms with Crippen LogP contribution in [-0.2, 0) is 9.05 Å². The average Bonchev–Trinajstić information content (AvgIpc) is 2.06. The zero-order chi connectivity index (χ0) is 11.8. The molecule has 0 aliphatic rings. The van der Waals surface area contributed by atoms with E-state index in [0.29, 0.717) is 0 Å². The summed E-state index contributed by atoms with van der Waals surface area (Å²) >= 11 is 8.46. The predicted octanol–water partition coefficient (Wildman–Crippen LogP) is 2.94. The summed E-state index contributed by atoms with van der Waals surface area (Å²) in [5, 5.41) is 10.4. The number of nitro benzene ring substituents is 1. The highest BCUT2D eigenvalue weighted by atomic mass is 79.9. The summed E-state index contributed by atoms with van der Waals surface area (Å²) in [5.74, 6) is 0. The second-order valence-electron chi connectivity index (χ2n) is 2.43. The molecular weight excluding hydrogens is 333 g/mol. The van der Waals surface area contributed by atoms with Gasteiger partial charge in [0.25, 0.3) is 14.7 Å². The lowest BCUT2D eigenvalue weighted by atomic mass is 10.3. The van der Waals surface area contributed by atoms with Gasteiger partial charge in [-0.25, -0.2) is 8.42 Å². The van der Waals surface area contributed by atoms with Gasteiger partial charge in [0, 0.05) is 16.7 Å². The first-order chi connectivity index (χ1) is 6.73. The van der Waals surface area contributed by atoms with Crippen LogP contribution in [0.5, 0.6) is 0 Å². The van der Waals surface area contributed by atoms with Crippen LogP contribution in [0, 0.1) is 10.1 Å². The topological polar surface area (TPSA) is 77.3 Å². The molecule has 0 spiro atoms. The molecule has 0 amide bonds. The molecule has 0 atom stereocenters. The minimum absolute atomic E-state index is 0.0123. The average molecular weight is 335 g/mol. The van der Waals surface area contributed by atoms with E-state index in [1.807, 2.05) is 0 Å². The van der Waals surface area contributed by atoms with Gasteiger partial charge in [0.15, 0.2) is 0 Å². The molecule has 0 aliphatic heterocycles. The lowest BCUT2D eigenvalue weighted by Gasteiger charge is -2.01. The van der Waals surface area contributed by atoms with E-state index in [1.54, 1.807) is 0 Å². The van der Waals surface area contributed by atoms with Crippen LogP contribution in [0.4, 0.5) is 5.69 Å². The van der Waals surface area contributed by atoms with E-state index in [1.165, 1.54) is 0 Å². The van der Waals surface area contributed by atoms with Crippen LogP contribution < -0.4 is 0 Å². The van der Waals surface area contributed by atoms with Crippen molar-refractivity contribution in [3.05, 3.63) is 31.7 Å². The molecule has 0 radical (unpaired) electrons. The van der Waals surface area contributed by atoms with E-state index < -0.39 is 24.6 Å². The van der Waals surface area contributed by atoms with Crippen LogP contribution in [0.3, 0.4) is 0 Å². The van der Waals surface area contributed by atoms with Crippen molar-refractivity contribution in [2.75, 3.05) is 0 Å². The summed E-state index contributed by atoms with van der Waals surface area (Å²) in [5.41, 5.74) is -0.457. The third-order valence-corrected chi connectivity index (χ3v) is 4.15. The summed E-state index contributed by atoms with van der Waals surface area (Å²) < 4.78 is 21.9. The van der Waals surface area contributed by atoms with Gasteiger partial charge < -0.3 is 0 Å². The van der Waals surface area contributed by atoms with Crippen LogP contribution in [0.25, 0.3) is 0 Å². The van der Waals surface area contributed by atoms with Crippen molar-refractivity contribution in [2.45, 2.75) is 4.90 Å². The third kappa shape index (κ3) is 2.81. The van der Waals surface area contributed by atoms with E-state index in [-0.39, 0.29) is 9.50 Å². The maximum Gasteiger partial charge on any atom is 0.286 e.